The van der Waals surface area contributed by atoms with E-state index in [0.29, 0.717) is 6.42 Å². The Morgan fingerprint density at radius 3 is 2.36 bits per heavy atom. The molecule has 0 spiro atoms. The van der Waals surface area contributed by atoms with E-state index >= 15 is 0 Å². The van der Waals surface area contributed by atoms with E-state index in [1.54, 1.807) is 12.1 Å². The van der Waals surface area contributed by atoms with E-state index in [1.165, 1.54) is 12.1 Å². The highest BCUT2D eigenvalue weighted by Gasteiger charge is 2.23. The third-order valence-corrected chi connectivity index (χ3v) is 3.68. The van der Waals surface area contributed by atoms with Crippen molar-refractivity contribution in [3.05, 3.63) is 71.5 Å². The molecule has 2 atom stereocenters. The van der Waals surface area contributed by atoms with Gasteiger partial charge in [0.15, 0.2) is 0 Å². The van der Waals surface area contributed by atoms with Gasteiger partial charge < -0.3 is 10.5 Å². The van der Waals surface area contributed by atoms with Gasteiger partial charge in [-0.2, -0.15) is 0 Å². The third kappa shape index (κ3) is 4.40. The van der Waals surface area contributed by atoms with Gasteiger partial charge in [-0.05, 0) is 23.3 Å². The van der Waals surface area contributed by atoms with Crippen LogP contribution in [0.1, 0.15) is 24.0 Å². The molecule has 116 valence electrons. The number of rotatable bonds is 6. The first-order valence-electron chi connectivity index (χ1n) is 7.29. The first-order chi connectivity index (χ1) is 10.6. The summed E-state index contributed by atoms with van der Waals surface area (Å²) in [4.78, 5) is 11.6. The Bertz CT molecular complexity index is 598. The van der Waals surface area contributed by atoms with Crippen molar-refractivity contribution in [3.63, 3.8) is 0 Å². The van der Waals surface area contributed by atoms with Gasteiger partial charge in [-0.25, -0.2) is 4.39 Å². The molecular formula is C18H20FNO2. The molecule has 22 heavy (non-hydrogen) atoms. The number of halogens is 1. The standard InChI is InChI=1S/C18H20FNO2/c1-13(15-5-3-2-4-6-15)17(22-18(21)12-20)11-14-7-9-16(19)10-8-14/h2-10,13,17H,11-12,20H2,1H3. The maximum atomic E-state index is 13.0. The first kappa shape index (κ1) is 16.2. The molecule has 0 saturated heterocycles. The van der Waals surface area contributed by atoms with Crippen LogP contribution in [0.2, 0.25) is 0 Å². The molecule has 0 aliphatic carbocycles. The van der Waals surface area contributed by atoms with Gasteiger partial charge in [0.1, 0.15) is 11.9 Å². The summed E-state index contributed by atoms with van der Waals surface area (Å²) in [5.74, 6) is -0.702. The Labute approximate surface area is 129 Å². The molecule has 3 nitrogen and oxygen atoms in total. The number of hydrogen-bond donors (Lipinski definition) is 1. The first-order valence-corrected chi connectivity index (χ1v) is 7.29. The van der Waals surface area contributed by atoms with Gasteiger partial charge in [0.2, 0.25) is 0 Å². The van der Waals surface area contributed by atoms with Crippen LogP contribution in [-0.2, 0) is 16.0 Å². The van der Waals surface area contributed by atoms with Crippen LogP contribution >= 0.6 is 0 Å². The molecule has 2 unspecified atom stereocenters. The minimum absolute atomic E-state index is 0.0155. The Kier molecular flexibility index (Phi) is 5.67. The molecule has 0 saturated carbocycles. The summed E-state index contributed by atoms with van der Waals surface area (Å²) in [5.41, 5.74) is 7.35. The van der Waals surface area contributed by atoms with Gasteiger partial charge in [0.25, 0.3) is 0 Å². The van der Waals surface area contributed by atoms with Crippen molar-refractivity contribution in [3.8, 4) is 0 Å². The normalized spacial score (nSPS) is 13.4. The van der Waals surface area contributed by atoms with E-state index in [-0.39, 0.29) is 24.4 Å². The number of esters is 1. The van der Waals surface area contributed by atoms with Gasteiger partial charge in [0, 0.05) is 12.3 Å². The summed E-state index contributed by atoms with van der Waals surface area (Å²) < 4.78 is 18.5. The average molecular weight is 301 g/mol. The minimum Gasteiger partial charge on any atom is -0.460 e. The van der Waals surface area contributed by atoms with Crippen molar-refractivity contribution >= 4 is 5.97 Å². The van der Waals surface area contributed by atoms with E-state index in [9.17, 15) is 9.18 Å². The molecule has 4 heteroatoms. The SMILES string of the molecule is CC(c1ccccc1)C(Cc1ccc(F)cc1)OC(=O)CN. The molecule has 2 aromatic rings. The summed E-state index contributed by atoms with van der Waals surface area (Å²) >= 11 is 0. The second-order valence-corrected chi connectivity index (χ2v) is 5.26. The second-order valence-electron chi connectivity index (χ2n) is 5.26. The van der Waals surface area contributed by atoms with Gasteiger partial charge >= 0.3 is 5.97 Å². The van der Waals surface area contributed by atoms with Crippen molar-refractivity contribution in [1.82, 2.24) is 0 Å². The Morgan fingerprint density at radius 1 is 1.14 bits per heavy atom. The topological polar surface area (TPSA) is 52.3 Å². The predicted octanol–water partition coefficient (Wildman–Crippen LogP) is 3.04. The Balaban J connectivity index is 2.18. The summed E-state index contributed by atoms with van der Waals surface area (Å²) in [6.45, 7) is 1.86. The number of hydrogen-bond acceptors (Lipinski definition) is 3. The van der Waals surface area contributed by atoms with Crippen LogP contribution in [0.25, 0.3) is 0 Å². The third-order valence-electron chi connectivity index (χ3n) is 3.68. The Hall–Kier alpha value is -2.20. The molecule has 0 fully saturated rings. The van der Waals surface area contributed by atoms with E-state index in [0.717, 1.165) is 11.1 Å². The van der Waals surface area contributed by atoms with Gasteiger partial charge in [-0.15, -0.1) is 0 Å². The van der Waals surface area contributed by atoms with Gasteiger partial charge in [-0.3, -0.25) is 4.79 Å². The van der Waals surface area contributed by atoms with Crippen LogP contribution in [0.5, 0.6) is 0 Å². The fourth-order valence-corrected chi connectivity index (χ4v) is 2.36. The summed E-state index contributed by atoms with van der Waals surface area (Å²) in [7, 11) is 0. The Morgan fingerprint density at radius 2 is 1.77 bits per heavy atom. The molecule has 0 heterocycles. The highest BCUT2D eigenvalue weighted by Crippen LogP contribution is 2.24. The minimum atomic E-state index is -0.435. The van der Waals surface area contributed by atoms with Crippen LogP contribution in [0.3, 0.4) is 0 Å². The lowest BCUT2D eigenvalue weighted by atomic mass is 9.91. The van der Waals surface area contributed by atoms with E-state index in [2.05, 4.69) is 0 Å². The summed E-state index contributed by atoms with van der Waals surface area (Å²) in [6, 6.07) is 16.1. The lowest BCUT2D eigenvalue weighted by Crippen LogP contribution is -2.29. The second kappa shape index (κ2) is 7.71. The molecule has 2 aromatic carbocycles. The molecule has 2 rings (SSSR count). The van der Waals surface area contributed by atoms with Crippen molar-refractivity contribution in [2.24, 2.45) is 5.73 Å². The largest absolute Gasteiger partial charge is 0.460 e. The molecule has 0 aliphatic heterocycles. The molecule has 2 N–H and O–H groups in total. The molecule has 0 bridgehead atoms. The van der Waals surface area contributed by atoms with Crippen molar-refractivity contribution in [2.45, 2.75) is 25.4 Å². The number of nitrogens with two attached hydrogens (primary N) is 1. The summed E-state index contributed by atoms with van der Waals surface area (Å²) in [5, 5.41) is 0. The zero-order valence-corrected chi connectivity index (χ0v) is 12.5. The van der Waals surface area contributed by atoms with Crippen LogP contribution in [0, 0.1) is 5.82 Å². The van der Waals surface area contributed by atoms with E-state index in [1.807, 2.05) is 37.3 Å². The maximum absolute atomic E-state index is 13.0. The quantitative estimate of drug-likeness (QED) is 0.834. The van der Waals surface area contributed by atoms with Crippen LogP contribution in [0.15, 0.2) is 54.6 Å². The number of ether oxygens (including phenoxy) is 1. The molecule has 0 amide bonds. The highest BCUT2D eigenvalue weighted by atomic mass is 19.1. The number of benzene rings is 2. The fourth-order valence-electron chi connectivity index (χ4n) is 2.36. The monoisotopic (exact) mass is 301 g/mol. The predicted molar refractivity (Wildman–Crippen MR) is 83.9 cm³/mol. The van der Waals surface area contributed by atoms with Crippen LogP contribution < -0.4 is 5.73 Å². The highest BCUT2D eigenvalue weighted by molar-refractivity contribution is 5.71. The molecular weight excluding hydrogens is 281 g/mol. The van der Waals surface area contributed by atoms with Crippen molar-refractivity contribution in [1.29, 1.82) is 0 Å². The lowest BCUT2D eigenvalue weighted by molar-refractivity contribution is -0.148. The summed E-state index contributed by atoms with van der Waals surface area (Å²) in [6.07, 6.45) is 0.172. The van der Waals surface area contributed by atoms with E-state index < -0.39 is 5.97 Å². The maximum Gasteiger partial charge on any atom is 0.320 e. The lowest BCUT2D eigenvalue weighted by Gasteiger charge is -2.24. The van der Waals surface area contributed by atoms with Gasteiger partial charge in [-0.1, -0.05) is 49.4 Å². The van der Waals surface area contributed by atoms with Crippen LogP contribution in [-0.4, -0.2) is 18.6 Å². The van der Waals surface area contributed by atoms with E-state index in [4.69, 9.17) is 10.5 Å². The number of carbonyl (C=O) groups excluding carboxylic acids is 1. The van der Waals surface area contributed by atoms with Crippen molar-refractivity contribution < 1.29 is 13.9 Å². The number of carbonyl (C=O) groups is 1. The van der Waals surface area contributed by atoms with Crippen molar-refractivity contribution in [2.75, 3.05) is 6.54 Å². The fraction of sp³-hybridized carbons (Fsp3) is 0.278. The molecule has 0 aromatic heterocycles. The molecule has 0 radical (unpaired) electrons. The smallest absolute Gasteiger partial charge is 0.320 e. The molecule has 0 aliphatic rings. The zero-order chi connectivity index (χ0) is 15.9. The zero-order valence-electron chi connectivity index (χ0n) is 12.5. The average Bonchev–Trinajstić information content (AvgIpc) is 2.56. The van der Waals surface area contributed by atoms with Gasteiger partial charge in [0.05, 0.1) is 6.54 Å². The van der Waals surface area contributed by atoms with Crippen LogP contribution in [0.4, 0.5) is 4.39 Å².